The van der Waals surface area contributed by atoms with E-state index in [1.54, 1.807) is 7.05 Å². The Labute approximate surface area is 210 Å². The molecule has 1 aliphatic rings. The first kappa shape index (κ1) is 26.6. The highest BCUT2D eigenvalue weighted by molar-refractivity contribution is 14.0. The Morgan fingerprint density at radius 1 is 0.938 bits per heavy atom. The predicted molar refractivity (Wildman–Crippen MR) is 144 cm³/mol. The fourth-order valence-corrected chi connectivity index (χ4v) is 4.02. The first-order valence-corrected chi connectivity index (χ1v) is 11.3. The molecule has 3 rings (SSSR count). The van der Waals surface area contributed by atoms with E-state index in [1.807, 2.05) is 18.2 Å². The summed E-state index contributed by atoms with van der Waals surface area (Å²) in [5.74, 6) is 0.787. The van der Waals surface area contributed by atoms with Gasteiger partial charge in [0.25, 0.3) is 0 Å². The summed E-state index contributed by atoms with van der Waals surface area (Å²) in [4.78, 5) is 9.42. The van der Waals surface area contributed by atoms with Crippen molar-refractivity contribution in [2.45, 2.75) is 25.9 Å². The highest BCUT2D eigenvalue weighted by Crippen LogP contribution is 2.15. The van der Waals surface area contributed by atoms with Gasteiger partial charge in [0, 0.05) is 58.8 Å². The van der Waals surface area contributed by atoms with Crippen LogP contribution in [0.4, 0.5) is 0 Å². The van der Waals surface area contributed by atoms with Crippen molar-refractivity contribution in [1.82, 2.24) is 20.4 Å². The van der Waals surface area contributed by atoms with Gasteiger partial charge in [0.15, 0.2) is 5.96 Å². The average molecular weight is 552 g/mol. The number of piperazine rings is 1. The number of guanidine groups is 1. The molecule has 1 unspecified atom stereocenters. The second kappa shape index (κ2) is 14.5. The molecule has 1 saturated heterocycles. The summed E-state index contributed by atoms with van der Waals surface area (Å²) < 4.78 is 0. The number of aliphatic hydroxyl groups excluding tert-OH is 1. The molecule has 1 heterocycles. The van der Waals surface area contributed by atoms with Crippen molar-refractivity contribution in [3.05, 3.63) is 71.3 Å². The fourth-order valence-electron chi connectivity index (χ4n) is 4.02. The van der Waals surface area contributed by atoms with E-state index in [0.717, 1.165) is 57.3 Å². The SMILES string of the molecule is CCN1CCN(Cc2ccccc2CNC(=NC)NCC(CO)c2ccccc2)CC1.I. The number of aliphatic hydroxyl groups is 1. The lowest BCUT2D eigenvalue weighted by molar-refractivity contribution is 0.131. The Morgan fingerprint density at radius 3 is 2.19 bits per heavy atom. The van der Waals surface area contributed by atoms with Gasteiger partial charge in [-0.1, -0.05) is 61.5 Å². The van der Waals surface area contributed by atoms with E-state index in [-0.39, 0.29) is 36.5 Å². The zero-order valence-corrected chi connectivity index (χ0v) is 21.7. The summed E-state index contributed by atoms with van der Waals surface area (Å²) in [6.07, 6.45) is 0. The molecule has 7 heteroatoms. The maximum absolute atomic E-state index is 9.79. The average Bonchev–Trinajstić information content (AvgIpc) is 2.83. The summed E-state index contributed by atoms with van der Waals surface area (Å²) in [7, 11) is 1.78. The second-order valence-corrected chi connectivity index (χ2v) is 8.08. The van der Waals surface area contributed by atoms with Gasteiger partial charge in [-0.05, 0) is 23.2 Å². The molecule has 0 aliphatic carbocycles. The first-order chi connectivity index (χ1) is 15.2. The van der Waals surface area contributed by atoms with Crippen LogP contribution < -0.4 is 10.6 Å². The largest absolute Gasteiger partial charge is 0.396 e. The Kier molecular flexibility index (Phi) is 12.0. The van der Waals surface area contributed by atoms with Gasteiger partial charge in [0.2, 0.25) is 0 Å². The van der Waals surface area contributed by atoms with Crippen LogP contribution in [0.3, 0.4) is 0 Å². The summed E-state index contributed by atoms with van der Waals surface area (Å²) >= 11 is 0. The number of halogens is 1. The van der Waals surface area contributed by atoms with E-state index < -0.39 is 0 Å². The predicted octanol–water partition coefficient (Wildman–Crippen LogP) is 2.88. The number of rotatable bonds is 9. The number of aliphatic imine (C=N–C) groups is 1. The Bertz CT molecular complexity index is 809. The molecule has 0 amide bonds. The lowest BCUT2D eigenvalue weighted by Gasteiger charge is -2.34. The highest BCUT2D eigenvalue weighted by Gasteiger charge is 2.17. The Morgan fingerprint density at radius 2 is 1.56 bits per heavy atom. The van der Waals surface area contributed by atoms with E-state index in [4.69, 9.17) is 0 Å². The molecule has 1 fully saturated rings. The number of nitrogens with zero attached hydrogens (tertiary/aromatic N) is 3. The summed E-state index contributed by atoms with van der Waals surface area (Å²) in [5.41, 5.74) is 3.79. The molecular formula is C25H38IN5O. The number of likely N-dealkylation sites (N-methyl/N-ethyl adjacent to an activating group) is 1. The molecule has 1 aliphatic heterocycles. The molecule has 1 atom stereocenters. The van der Waals surface area contributed by atoms with Gasteiger partial charge in [-0.15, -0.1) is 24.0 Å². The summed E-state index contributed by atoms with van der Waals surface area (Å²) in [6, 6.07) is 18.8. The minimum absolute atomic E-state index is 0. The minimum Gasteiger partial charge on any atom is -0.396 e. The van der Waals surface area contributed by atoms with E-state index in [1.165, 1.54) is 11.1 Å². The van der Waals surface area contributed by atoms with Crippen molar-refractivity contribution in [2.75, 3.05) is 52.9 Å². The Hall–Kier alpha value is -1.68. The standard InChI is InChI=1S/C25H37N5O.HI/c1-3-29-13-15-30(16-14-29)19-23-12-8-7-11-22(23)17-27-25(26-2)28-18-24(20-31)21-9-5-4-6-10-21;/h4-12,24,31H,3,13-20H2,1-2H3,(H2,26,27,28);1H. The number of nitrogens with one attached hydrogen (secondary N) is 2. The van der Waals surface area contributed by atoms with E-state index in [2.05, 4.69) is 68.7 Å². The van der Waals surface area contributed by atoms with Crippen LogP contribution in [0, 0.1) is 0 Å². The number of hydrogen-bond acceptors (Lipinski definition) is 4. The van der Waals surface area contributed by atoms with Gasteiger partial charge in [-0.2, -0.15) is 0 Å². The molecule has 3 N–H and O–H groups in total. The van der Waals surface area contributed by atoms with Crippen molar-refractivity contribution in [2.24, 2.45) is 4.99 Å². The smallest absolute Gasteiger partial charge is 0.191 e. The molecule has 0 aromatic heterocycles. The second-order valence-electron chi connectivity index (χ2n) is 8.08. The van der Waals surface area contributed by atoms with Gasteiger partial charge in [0.05, 0.1) is 6.61 Å². The van der Waals surface area contributed by atoms with Crippen LogP contribution in [0.25, 0.3) is 0 Å². The molecular weight excluding hydrogens is 513 g/mol. The third-order valence-electron chi connectivity index (χ3n) is 6.10. The maximum Gasteiger partial charge on any atom is 0.191 e. The zero-order chi connectivity index (χ0) is 21.9. The van der Waals surface area contributed by atoms with Crippen molar-refractivity contribution >= 4 is 29.9 Å². The van der Waals surface area contributed by atoms with E-state index >= 15 is 0 Å². The summed E-state index contributed by atoms with van der Waals surface area (Å²) in [5, 5.41) is 16.6. The third kappa shape index (κ3) is 8.03. The van der Waals surface area contributed by atoms with Gasteiger partial charge in [-0.25, -0.2) is 0 Å². The fraction of sp³-hybridized carbons (Fsp3) is 0.480. The van der Waals surface area contributed by atoms with E-state index in [9.17, 15) is 5.11 Å². The molecule has 0 radical (unpaired) electrons. The molecule has 0 bridgehead atoms. The van der Waals surface area contributed by atoms with Gasteiger partial charge < -0.3 is 20.6 Å². The molecule has 2 aromatic carbocycles. The normalized spacial score (nSPS) is 16.3. The van der Waals surface area contributed by atoms with Crippen molar-refractivity contribution in [3.63, 3.8) is 0 Å². The molecule has 0 spiro atoms. The first-order valence-electron chi connectivity index (χ1n) is 11.3. The van der Waals surface area contributed by atoms with Crippen LogP contribution in [0.15, 0.2) is 59.6 Å². The van der Waals surface area contributed by atoms with Crippen LogP contribution in [-0.2, 0) is 13.1 Å². The molecule has 176 valence electrons. The number of hydrogen-bond donors (Lipinski definition) is 3. The van der Waals surface area contributed by atoms with Crippen molar-refractivity contribution in [1.29, 1.82) is 0 Å². The molecule has 32 heavy (non-hydrogen) atoms. The van der Waals surface area contributed by atoms with E-state index in [0.29, 0.717) is 6.54 Å². The van der Waals surface area contributed by atoms with Crippen LogP contribution in [0.1, 0.15) is 29.5 Å². The van der Waals surface area contributed by atoms with Gasteiger partial charge in [0.1, 0.15) is 0 Å². The number of benzene rings is 2. The molecule has 0 saturated carbocycles. The van der Waals surface area contributed by atoms with Crippen molar-refractivity contribution < 1.29 is 5.11 Å². The highest BCUT2D eigenvalue weighted by atomic mass is 127. The molecule has 6 nitrogen and oxygen atoms in total. The van der Waals surface area contributed by atoms with Gasteiger partial charge >= 0.3 is 0 Å². The zero-order valence-electron chi connectivity index (χ0n) is 19.3. The third-order valence-corrected chi connectivity index (χ3v) is 6.10. The summed E-state index contributed by atoms with van der Waals surface area (Å²) in [6.45, 7) is 10.4. The lowest BCUT2D eigenvalue weighted by Crippen LogP contribution is -2.45. The molecule has 2 aromatic rings. The quantitative estimate of drug-likeness (QED) is 0.254. The van der Waals surface area contributed by atoms with Crippen LogP contribution in [-0.4, -0.2) is 73.8 Å². The van der Waals surface area contributed by atoms with Crippen molar-refractivity contribution in [3.8, 4) is 0 Å². The van der Waals surface area contributed by atoms with Crippen LogP contribution in [0.5, 0.6) is 0 Å². The van der Waals surface area contributed by atoms with Gasteiger partial charge in [-0.3, -0.25) is 9.89 Å². The topological polar surface area (TPSA) is 63.1 Å². The monoisotopic (exact) mass is 551 g/mol. The minimum atomic E-state index is 0. The maximum atomic E-state index is 9.79. The van der Waals surface area contributed by atoms with Crippen LogP contribution in [0.2, 0.25) is 0 Å². The van der Waals surface area contributed by atoms with Crippen LogP contribution >= 0.6 is 24.0 Å². The Balaban J connectivity index is 0.00000363. The lowest BCUT2D eigenvalue weighted by atomic mass is 10.0.